The highest BCUT2D eigenvalue weighted by atomic mass is 16.5. The van der Waals surface area contributed by atoms with Crippen molar-refractivity contribution in [2.45, 2.75) is 26.4 Å². The summed E-state index contributed by atoms with van der Waals surface area (Å²) in [6, 6.07) is 14.7. The van der Waals surface area contributed by atoms with E-state index in [0.717, 1.165) is 5.56 Å². The van der Waals surface area contributed by atoms with Gasteiger partial charge in [0.25, 0.3) is 0 Å². The number of aromatic nitrogens is 1. The van der Waals surface area contributed by atoms with Gasteiger partial charge in [0.05, 0.1) is 0 Å². The maximum absolute atomic E-state index is 12.0. The lowest BCUT2D eigenvalue weighted by atomic mass is 10.2. The molecule has 1 heterocycles. The Kier molecular flexibility index (Phi) is 6.04. The van der Waals surface area contributed by atoms with Gasteiger partial charge in [-0.2, -0.15) is 0 Å². The van der Waals surface area contributed by atoms with Crippen molar-refractivity contribution < 1.29 is 18.7 Å². The third kappa shape index (κ3) is 5.57. The van der Waals surface area contributed by atoms with Gasteiger partial charge in [0.15, 0.2) is 11.5 Å². The zero-order valence-corrected chi connectivity index (χ0v) is 15.0. The van der Waals surface area contributed by atoms with Crippen molar-refractivity contribution in [1.82, 2.24) is 10.3 Å². The molecule has 2 aromatic carbocycles. The number of ether oxygens (including phenoxy) is 1. The lowest BCUT2D eigenvalue weighted by Crippen LogP contribution is -2.26. The van der Waals surface area contributed by atoms with Crippen LogP contribution < -0.4 is 10.6 Å². The van der Waals surface area contributed by atoms with E-state index < -0.39 is 6.09 Å². The average Bonchev–Trinajstić information content (AvgIpc) is 3.03. The highest BCUT2D eigenvalue weighted by molar-refractivity contribution is 5.92. The number of anilines is 1. The van der Waals surface area contributed by atoms with E-state index in [-0.39, 0.29) is 18.9 Å². The van der Waals surface area contributed by atoms with Gasteiger partial charge in [-0.3, -0.25) is 4.79 Å². The predicted octanol–water partition coefficient (Wildman–Crippen LogP) is 3.78. The molecular weight excluding hydrogens is 346 g/mol. The van der Waals surface area contributed by atoms with Gasteiger partial charge in [-0.1, -0.05) is 30.3 Å². The number of hydrogen-bond acceptors (Lipinski definition) is 5. The fraction of sp³-hybridized carbons (Fsp3) is 0.250. The monoisotopic (exact) mass is 367 g/mol. The minimum absolute atomic E-state index is 0.131. The second-order valence-corrected chi connectivity index (χ2v) is 6.06. The van der Waals surface area contributed by atoms with Crippen LogP contribution in [0.3, 0.4) is 0 Å². The molecule has 0 aliphatic carbocycles. The number of nitrogens with zero attached hydrogens (tertiary/aromatic N) is 1. The second kappa shape index (κ2) is 8.84. The Labute approximate surface area is 156 Å². The van der Waals surface area contributed by atoms with E-state index in [1.807, 2.05) is 30.3 Å². The van der Waals surface area contributed by atoms with E-state index >= 15 is 0 Å². The van der Waals surface area contributed by atoms with Gasteiger partial charge in [0.1, 0.15) is 12.1 Å². The topological polar surface area (TPSA) is 93.5 Å². The first kappa shape index (κ1) is 18.4. The van der Waals surface area contributed by atoms with Crippen LogP contribution >= 0.6 is 0 Å². The number of benzene rings is 2. The molecule has 2 N–H and O–H groups in total. The van der Waals surface area contributed by atoms with Gasteiger partial charge in [0, 0.05) is 25.6 Å². The molecule has 0 spiro atoms. The van der Waals surface area contributed by atoms with E-state index in [1.165, 1.54) is 0 Å². The fourth-order valence-corrected chi connectivity index (χ4v) is 2.56. The molecule has 0 aliphatic rings. The number of oxazole rings is 1. The van der Waals surface area contributed by atoms with Crippen molar-refractivity contribution >= 4 is 28.8 Å². The molecular formula is C20H21N3O4. The third-order valence-corrected chi connectivity index (χ3v) is 3.84. The summed E-state index contributed by atoms with van der Waals surface area (Å²) in [7, 11) is 0. The van der Waals surface area contributed by atoms with Crippen molar-refractivity contribution in [3.63, 3.8) is 0 Å². The third-order valence-electron chi connectivity index (χ3n) is 3.84. The van der Waals surface area contributed by atoms with Crippen molar-refractivity contribution in [1.29, 1.82) is 0 Å². The molecule has 0 saturated carbocycles. The molecule has 0 saturated heterocycles. The number of amides is 2. The SMILES string of the molecule is Cc1nc2cc(NC(=O)CCCNC(=O)OCc3ccccc3)ccc2o1. The van der Waals surface area contributed by atoms with Crippen LogP contribution in [-0.4, -0.2) is 23.5 Å². The van der Waals surface area contributed by atoms with Crippen LogP contribution in [-0.2, 0) is 16.1 Å². The summed E-state index contributed by atoms with van der Waals surface area (Å²) in [6.07, 6.45) is 0.304. The molecule has 27 heavy (non-hydrogen) atoms. The van der Waals surface area contributed by atoms with Crippen molar-refractivity contribution in [3.8, 4) is 0 Å². The summed E-state index contributed by atoms with van der Waals surface area (Å²) in [5.74, 6) is 0.452. The van der Waals surface area contributed by atoms with Gasteiger partial charge in [-0.05, 0) is 30.2 Å². The first-order valence-corrected chi connectivity index (χ1v) is 8.72. The van der Waals surface area contributed by atoms with Crippen LogP contribution in [0.2, 0.25) is 0 Å². The summed E-state index contributed by atoms with van der Waals surface area (Å²) in [5.41, 5.74) is 2.97. The van der Waals surface area contributed by atoms with Crippen molar-refractivity contribution in [3.05, 3.63) is 60.0 Å². The Morgan fingerprint density at radius 1 is 1.15 bits per heavy atom. The van der Waals surface area contributed by atoms with Crippen LogP contribution in [0.15, 0.2) is 52.9 Å². The summed E-state index contributed by atoms with van der Waals surface area (Å²) < 4.78 is 10.5. The molecule has 2 amide bonds. The van der Waals surface area contributed by atoms with Crippen LogP contribution in [0, 0.1) is 6.92 Å². The molecule has 0 radical (unpaired) electrons. The van der Waals surface area contributed by atoms with Gasteiger partial charge >= 0.3 is 6.09 Å². The van der Waals surface area contributed by atoms with Gasteiger partial charge in [0.2, 0.25) is 5.91 Å². The maximum Gasteiger partial charge on any atom is 0.407 e. The van der Waals surface area contributed by atoms with E-state index in [4.69, 9.17) is 9.15 Å². The first-order chi connectivity index (χ1) is 13.1. The van der Waals surface area contributed by atoms with Gasteiger partial charge < -0.3 is 19.8 Å². The Bertz CT molecular complexity index is 921. The normalized spacial score (nSPS) is 10.6. The number of alkyl carbamates (subject to hydrolysis) is 1. The minimum Gasteiger partial charge on any atom is -0.445 e. The van der Waals surface area contributed by atoms with Crippen LogP contribution in [0.25, 0.3) is 11.1 Å². The number of hydrogen-bond donors (Lipinski definition) is 2. The lowest BCUT2D eigenvalue weighted by molar-refractivity contribution is -0.116. The average molecular weight is 367 g/mol. The highest BCUT2D eigenvalue weighted by Crippen LogP contribution is 2.19. The molecule has 7 heteroatoms. The maximum atomic E-state index is 12.0. The van der Waals surface area contributed by atoms with Gasteiger partial charge in [-0.25, -0.2) is 9.78 Å². The lowest BCUT2D eigenvalue weighted by Gasteiger charge is -2.07. The molecule has 140 valence electrons. The van der Waals surface area contributed by atoms with Gasteiger partial charge in [-0.15, -0.1) is 0 Å². The Morgan fingerprint density at radius 2 is 1.96 bits per heavy atom. The molecule has 1 aromatic heterocycles. The number of carbonyl (C=O) groups is 2. The van der Waals surface area contributed by atoms with E-state index in [1.54, 1.807) is 25.1 Å². The zero-order chi connectivity index (χ0) is 19.1. The largest absolute Gasteiger partial charge is 0.445 e. The predicted molar refractivity (Wildman–Crippen MR) is 101 cm³/mol. The molecule has 0 atom stereocenters. The number of rotatable bonds is 7. The minimum atomic E-state index is -0.494. The summed E-state index contributed by atoms with van der Waals surface area (Å²) in [5, 5.41) is 5.45. The molecule has 0 bridgehead atoms. The first-order valence-electron chi connectivity index (χ1n) is 8.72. The van der Waals surface area contributed by atoms with E-state index in [2.05, 4.69) is 15.6 Å². The van der Waals surface area contributed by atoms with E-state index in [9.17, 15) is 9.59 Å². The van der Waals surface area contributed by atoms with E-state index in [0.29, 0.717) is 35.6 Å². The molecule has 0 unspecified atom stereocenters. The molecule has 7 nitrogen and oxygen atoms in total. The second-order valence-electron chi connectivity index (χ2n) is 6.06. The molecule has 0 fully saturated rings. The van der Waals surface area contributed by atoms with Crippen molar-refractivity contribution in [2.24, 2.45) is 0 Å². The van der Waals surface area contributed by atoms with Crippen LogP contribution in [0.1, 0.15) is 24.3 Å². The molecule has 3 aromatic rings. The number of nitrogens with one attached hydrogen (secondary N) is 2. The highest BCUT2D eigenvalue weighted by Gasteiger charge is 2.07. The number of fused-ring (bicyclic) bond motifs is 1. The smallest absolute Gasteiger partial charge is 0.407 e. The Hall–Kier alpha value is -3.35. The Morgan fingerprint density at radius 3 is 2.78 bits per heavy atom. The quantitative estimate of drug-likeness (QED) is 0.620. The fourth-order valence-electron chi connectivity index (χ4n) is 2.56. The molecule has 0 aliphatic heterocycles. The Balaban J connectivity index is 1.34. The number of carbonyl (C=O) groups excluding carboxylic acids is 2. The van der Waals surface area contributed by atoms with Crippen LogP contribution in [0.5, 0.6) is 0 Å². The zero-order valence-electron chi connectivity index (χ0n) is 15.0. The van der Waals surface area contributed by atoms with Crippen LogP contribution in [0.4, 0.5) is 10.5 Å². The number of aryl methyl sites for hydroxylation is 1. The standard InChI is InChI=1S/C20H21N3O4/c1-14-22-17-12-16(9-10-18(17)27-14)23-19(24)8-5-11-21-20(25)26-13-15-6-3-2-4-7-15/h2-4,6-7,9-10,12H,5,8,11,13H2,1H3,(H,21,25)(H,23,24). The van der Waals surface area contributed by atoms with Crippen molar-refractivity contribution in [2.75, 3.05) is 11.9 Å². The summed E-state index contributed by atoms with van der Waals surface area (Å²) in [4.78, 5) is 27.9. The summed E-state index contributed by atoms with van der Waals surface area (Å²) in [6.45, 7) is 2.36. The molecule has 3 rings (SSSR count). The summed E-state index contributed by atoms with van der Waals surface area (Å²) >= 11 is 0.